The Bertz CT molecular complexity index is 345. The summed E-state index contributed by atoms with van der Waals surface area (Å²) in [6.07, 6.45) is 0.516. The molecule has 0 spiro atoms. The van der Waals surface area contributed by atoms with Crippen molar-refractivity contribution in [1.29, 1.82) is 0 Å². The van der Waals surface area contributed by atoms with Gasteiger partial charge in [-0.1, -0.05) is 6.92 Å². The Labute approximate surface area is 105 Å². The van der Waals surface area contributed by atoms with Gasteiger partial charge in [-0.05, 0) is 33.1 Å². The second-order valence-electron chi connectivity index (χ2n) is 6.07. The number of aliphatic hydroxyl groups excluding tert-OH is 1. The van der Waals surface area contributed by atoms with E-state index >= 15 is 0 Å². The summed E-state index contributed by atoms with van der Waals surface area (Å²) in [5.41, 5.74) is 0. The van der Waals surface area contributed by atoms with Crippen molar-refractivity contribution < 1.29 is 13.5 Å². The Morgan fingerprint density at radius 2 is 1.94 bits per heavy atom. The first-order chi connectivity index (χ1) is 7.63. The minimum Gasteiger partial charge on any atom is -0.393 e. The Balaban J connectivity index is 2.47. The molecule has 102 valence electrons. The number of aliphatic hydroxyl groups is 1. The van der Waals surface area contributed by atoms with Gasteiger partial charge in [-0.3, -0.25) is 0 Å². The summed E-state index contributed by atoms with van der Waals surface area (Å²) in [7, 11) is -3.03. The van der Waals surface area contributed by atoms with Gasteiger partial charge in [-0.25, -0.2) is 8.42 Å². The lowest BCUT2D eigenvalue weighted by atomic mass is 9.97. The van der Waals surface area contributed by atoms with Gasteiger partial charge in [0.2, 0.25) is 0 Å². The number of hydrogen-bond donors (Lipinski definition) is 1. The molecule has 1 saturated heterocycles. The molecule has 2 unspecified atom stereocenters. The predicted molar refractivity (Wildman–Crippen MR) is 69.8 cm³/mol. The van der Waals surface area contributed by atoms with Crippen LogP contribution in [-0.4, -0.2) is 54.7 Å². The molecule has 1 N–H and O–H groups in total. The molecule has 1 fully saturated rings. The van der Waals surface area contributed by atoms with Gasteiger partial charge >= 0.3 is 0 Å². The van der Waals surface area contributed by atoms with Crippen LogP contribution < -0.4 is 0 Å². The van der Waals surface area contributed by atoms with Crippen LogP contribution in [0.4, 0.5) is 0 Å². The molecule has 0 aliphatic carbocycles. The molecule has 1 aliphatic heterocycles. The topological polar surface area (TPSA) is 57.6 Å². The Kier molecular flexibility index (Phi) is 4.60. The third kappa shape index (κ3) is 3.93. The van der Waals surface area contributed by atoms with Crippen LogP contribution in [-0.2, 0) is 9.84 Å². The second-order valence-corrected chi connectivity index (χ2v) is 8.93. The van der Waals surface area contributed by atoms with Crippen molar-refractivity contribution in [2.75, 3.05) is 25.4 Å². The summed E-state index contributed by atoms with van der Waals surface area (Å²) < 4.78 is 23.3. The predicted octanol–water partition coefficient (Wildman–Crippen LogP) is 0.902. The van der Waals surface area contributed by atoms with Crippen molar-refractivity contribution in [2.24, 2.45) is 5.92 Å². The van der Waals surface area contributed by atoms with Crippen LogP contribution in [0.3, 0.4) is 0 Å². The fourth-order valence-electron chi connectivity index (χ4n) is 1.98. The summed E-state index contributed by atoms with van der Waals surface area (Å²) in [4.78, 5) is 2.14. The molecule has 0 amide bonds. The number of hydrogen-bond acceptors (Lipinski definition) is 4. The van der Waals surface area contributed by atoms with E-state index in [1.165, 1.54) is 0 Å². The highest BCUT2D eigenvalue weighted by atomic mass is 32.2. The molecule has 0 radical (unpaired) electrons. The zero-order valence-corrected chi connectivity index (χ0v) is 12.1. The lowest BCUT2D eigenvalue weighted by molar-refractivity contribution is 0.0375. The van der Waals surface area contributed by atoms with Gasteiger partial charge in [0.05, 0.1) is 16.6 Å². The highest BCUT2D eigenvalue weighted by molar-refractivity contribution is 7.92. The Hall–Kier alpha value is -0.130. The van der Waals surface area contributed by atoms with E-state index in [4.69, 9.17) is 0 Å². The average molecular weight is 263 g/mol. The van der Waals surface area contributed by atoms with Crippen molar-refractivity contribution in [3.05, 3.63) is 0 Å². The molecule has 0 aromatic heterocycles. The number of piperidine rings is 1. The van der Waals surface area contributed by atoms with Crippen LogP contribution in [0.25, 0.3) is 0 Å². The normalized spacial score (nSPS) is 28.3. The van der Waals surface area contributed by atoms with Crippen LogP contribution in [0, 0.1) is 5.92 Å². The number of rotatable bonds is 3. The highest BCUT2D eigenvalue weighted by Crippen LogP contribution is 2.19. The van der Waals surface area contributed by atoms with E-state index in [1.807, 2.05) is 6.92 Å². The van der Waals surface area contributed by atoms with E-state index in [1.54, 1.807) is 20.8 Å². The molecule has 0 aromatic rings. The van der Waals surface area contributed by atoms with E-state index in [9.17, 15) is 13.5 Å². The zero-order valence-electron chi connectivity index (χ0n) is 11.3. The molecule has 2 atom stereocenters. The molecule has 1 rings (SSSR count). The molecule has 4 nitrogen and oxygen atoms in total. The van der Waals surface area contributed by atoms with Gasteiger partial charge in [0.15, 0.2) is 9.84 Å². The van der Waals surface area contributed by atoms with Gasteiger partial charge in [0, 0.05) is 19.6 Å². The van der Waals surface area contributed by atoms with Crippen LogP contribution >= 0.6 is 0 Å². The molecule has 0 aromatic carbocycles. The standard InChI is InChI=1S/C12H25NO3S/c1-10-9-13(6-5-11(10)14)7-8-17(15,16)12(2,3)4/h10-11,14H,5-9H2,1-4H3. The van der Waals surface area contributed by atoms with Crippen LogP contribution in [0.2, 0.25) is 0 Å². The monoisotopic (exact) mass is 263 g/mol. The van der Waals surface area contributed by atoms with Gasteiger partial charge < -0.3 is 10.0 Å². The smallest absolute Gasteiger partial charge is 0.156 e. The number of sulfone groups is 1. The van der Waals surface area contributed by atoms with Crippen LogP contribution in [0.5, 0.6) is 0 Å². The fourth-order valence-corrected chi connectivity index (χ4v) is 3.09. The van der Waals surface area contributed by atoms with E-state index < -0.39 is 14.6 Å². The largest absolute Gasteiger partial charge is 0.393 e. The van der Waals surface area contributed by atoms with Gasteiger partial charge in [0.1, 0.15) is 0 Å². The number of nitrogens with zero attached hydrogens (tertiary/aromatic N) is 1. The van der Waals surface area contributed by atoms with E-state index in [0.29, 0.717) is 6.54 Å². The number of likely N-dealkylation sites (tertiary alicyclic amines) is 1. The molecule has 17 heavy (non-hydrogen) atoms. The van der Waals surface area contributed by atoms with Crippen molar-refractivity contribution in [2.45, 2.75) is 45.0 Å². The summed E-state index contributed by atoms with van der Waals surface area (Å²) in [6, 6.07) is 0. The van der Waals surface area contributed by atoms with Crippen LogP contribution in [0.1, 0.15) is 34.1 Å². The van der Waals surface area contributed by atoms with Crippen molar-refractivity contribution in [1.82, 2.24) is 4.90 Å². The third-order valence-electron chi connectivity index (χ3n) is 3.55. The maximum atomic E-state index is 12.0. The molecular formula is C12H25NO3S. The summed E-state index contributed by atoms with van der Waals surface area (Å²) in [5.74, 6) is 0.445. The third-order valence-corrected chi connectivity index (χ3v) is 6.14. The molecule has 5 heteroatoms. The van der Waals surface area contributed by atoms with Gasteiger partial charge in [0.25, 0.3) is 0 Å². The van der Waals surface area contributed by atoms with Crippen molar-refractivity contribution in [3.63, 3.8) is 0 Å². The SMILES string of the molecule is CC1CN(CCS(=O)(=O)C(C)(C)C)CCC1O. The highest BCUT2D eigenvalue weighted by Gasteiger charge is 2.30. The first-order valence-electron chi connectivity index (χ1n) is 6.26. The van der Waals surface area contributed by atoms with E-state index in [2.05, 4.69) is 4.90 Å². The van der Waals surface area contributed by atoms with E-state index in [-0.39, 0.29) is 17.8 Å². The average Bonchev–Trinajstić information content (AvgIpc) is 2.18. The van der Waals surface area contributed by atoms with Gasteiger partial charge in [-0.15, -0.1) is 0 Å². The second kappa shape index (κ2) is 5.24. The zero-order chi connectivity index (χ0) is 13.3. The Morgan fingerprint density at radius 3 is 2.41 bits per heavy atom. The van der Waals surface area contributed by atoms with E-state index in [0.717, 1.165) is 19.5 Å². The maximum Gasteiger partial charge on any atom is 0.156 e. The lowest BCUT2D eigenvalue weighted by Gasteiger charge is -2.34. The maximum absolute atomic E-state index is 12.0. The Morgan fingerprint density at radius 1 is 1.35 bits per heavy atom. The first-order valence-corrected chi connectivity index (χ1v) is 7.91. The summed E-state index contributed by atoms with van der Waals surface area (Å²) in [6.45, 7) is 9.40. The van der Waals surface area contributed by atoms with Gasteiger partial charge in [-0.2, -0.15) is 0 Å². The lowest BCUT2D eigenvalue weighted by Crippen LogP contribution is -2.45. The van der Waals surface area contributed by atoms with Crippen LogP contribution in [0.15, 0.2) is 0 Å². The molecule has 0 saturated carbocycles. The quantitative estimate of drug-likeness (QED) is 0.822. The summed E-state index contributed by atoms with van der Waals surface area (Å²) in [5, 5.41) is 9.61. The minimum absolute atomic E-state index is 0.208. The molecule has 1 aliphatic rings. The minimum atomic E-state index is -3.03. The molecule has 0 bridgehead atoms. The molecular weight excluding hydrogens is 238 g/mol. The fraction of sp³-hybridized carbons (Fsp3) is 1.00. The first kappa shape index (κ1) is 14.9. The molecule has 1 heterocycles. The van der Waals surface area contributed by atoms with Crippen molar-refractivity contribution >= 4 is 9.84 Å². The summed E-state index contributed by atoms with van der Waals surface area (Å²) >= 11 is 0. The van der Waals surface area contributed by atoms with Crippen molar-refractivity contribution in [3.8, 4) is 0 Å².